The second-order valence-electron chi connectivity index (χ2n) is 5.15. The Kier molecular flexibility index (Phi) is 6.08. The van der Waals surface area contributed by atoms with Crippen LogP contribution in [0.5, 0.6) is 0 Å². The molecule has 0 heterocycles. The van der Waals surface area contributed by atoms with E-state index in [1.165, 1.54) is 11.8 Å². The number of nitrogens with one attached hydrogen (secondary N) is 1. The minimum atomic E-state index is -1.07. The van der Waals surface area contributed by atoms with Gasteiger partial charge in [-0.15, -0.1) is 0 Å². The van der Waals surface area contributed by atoms with Crippen molar-refractivity contribution < 1.29 is 9.59 Å². The lowest BCUT2D eigenvalue weighted by Crippen LogP contribution is -2.32. The van der Waals surface area contributed by atoms with Crippen LogP contribution in [0.25, 0.3) is 0 Å². The Morgan fingerprint density at radius 2 is 1.79 bits per heavy atom. The fourth-order valence-corrected chi connectivity index (χ4v) is 2.18. The van der Waals surface area contributed by atoms with Gasteiger partial charge in [0, 0.05) is 18.8 Å². The highest BCUT2D eigenvalue weighted by molar-refractivity contribution is 6.34. The van der Waals surface area contributed by atoms with E-state index in [0.717, 1.165) is 24.3 Å². The molecule has 0 saturated heterocycles. The van der Waals surface area contributed by atoms with Gasteiger partial charge in [0.05, 0.1) is 6.21 Å². The Morgan fingerprint density at radius 3 is 2.38 bits per heavy atom. The van der Waals surface area contributed by atoms with E-state index in [2.05, 4.69) is 34.5 Å². The fraction of sp³-hybridized carbons (Fsp3) is 0.167. The van der Waals surface area contributed by atoms with Crippen LogP contribution in [-0.4, -0.2) is 24.6 Å². The predicted octanol–water partition coefficient (Wildman–Crippen LogP) is 1.65. The third-order valence-corrected chi connectivity index (χ3v) is 3.46. The van der Waals surface area contributed by atoms with Crippen molar-refractivity contribution in [2.75, 3.05) is 11.4 Å². The number of carbonyl (C=O) groups excluding carboxylic acids is 2. The smallest absolute Gasteiger partial charge is 0.329 e. The molecule has 6 nitrogen and oxygen atoms in total. The molecule has 3 N–H and O–H groups in total. The van der Waals surface area contributed by atoms with Crippen molar-refractivity contribution in [1.29, 1.82) is 0 Å². The average molecular weight is 324 g/mol. The van der Waals surface area contributed by atoms with E-state index in [-0.39, 0.29) is 0 Å². The first-order chi connectivity index (χ1) is 11.6. The van der Waals surface area contributed by atoms with E-state index in [9.17, 15) is 9.59 Å². The predicted molar refractivity (Wildman–Crippen MR) is 94.5 cm³/mol. The van der Waals surface area contributed by atoms with Crippen LogP contribution >= 0.6 is 0 Å². The number of amides is 2. The van der Waals surface area contributed by atoms with E-state index in [1.807, 2.05) is 42.5 Å². The summed E-state index contributed by atoms with van der Waals surface area (Å²) in [6.45, 7) is 3.83. The summed E-state index contributed by atoms with van der Waals surface area (Å²) < 4.78 is 0. The molecule has 0 atom stereocenters. The molecule has 0 aromatic heterocycles. The van der Waals surface area contributed by atoms with E-state index in [0.29, 0.717) is 0 Å². The van der Waals surface area contributed by atoms with Crippen molar-refractivity contribution in [3.8, 4) is 0 Å². The first-order valence-corrected chi connectivity index (χ1v) is 7.62. The molecule has 2 aromatic rings. The van der Waals surface area contributed by atoms with Crippen molar-refractivity contribution in [2.45, 2.75) is 13.5 Å². The minimum Gasteiger partial charge on any atom is -0.367 e. The lowest BCUT2D eigenvalue weighted by molar-refractivity contribution is -0.137. The summed E-state index contributed by atoms with van der Waals surface area (Å²) in [5.41, 5.74) is 10.0. The Hall–Kier alpha value is -3.15. The molecule has 0 aliphatic rings. The van der Waals surface area contributed by atoms with Crippen LogP contribution in [0.1, 0.15) is 18.1 Å². The van der Waals surface area contributed by atoms with Crippen molar-refractivity contribution in [2.24, 2.45) is 10.8 Å². The summed E-state index contributed by atoms with van der Waals surface area (Å²) in [6, 6.07) is 18.0. The van der Waals surface area contributed by atoms with Gasteiger partial charge in [0.15, 0.2) is 0 Å². The van der Waals surface area contributed by atoms with Crippen molar-refractivity contribution in [3.05, 3.63) is 65.7 Å². The lowest BCUT2D eigenvalue weighted by atomic mass is 10.1. The van der Waals surface area contributed by atoms with Gasteiger partial charge in [-0.3, -0.25) is 9.59 Å². The number of hydrazone groups is 1. The largest absolute Gasteiger partial charge is 0.367 e. The van der Waals surface area contributed by atoms with Gasteiger partial charge in [-0.1, -0.05) is 42.5 Å². The molecule has 0 radical (unpaired) electrons. The van der Waals surface area contributed by atoms with Gasteiger partial charge in [0.2, 0.25) is 0 Å². The highest BCUT2D eigenvalue weighted by atomic mass is 16.2. The average Bonchev–Trinajstić information content (AvgIpc) is 2.61. The van der Waals surface area contributed by atoms with Gasteiger partial charge in [-0.2, -0.15) is 5.10 Å². The first kappa shape index (κ1) is 17.2. The molecule has 124 valence electrons. The van der Waals surface area contributed by atoms with E-state index >= 15 is 0 Å². The molecular formula is C18H20N4O2. The lowest BCUT2D eigenvalue weighted by Gasteiger charge is -2.23. The van der Waals surface area contributed by atoms with E-state index < -0.39 is 11.8 Å². The van der Waals surface area contributed by atoms with Gasteiger partial charge in [0.25, 0.3) is 0 Å². The number of carbonyl (C=O) groups is 2. The number of rotatable bonds is 6. The number of benzene rings is 2. The van der Waals surface area contributed by atoms with Crippen LogP contribution in [0.15, 0.2) is 59.7 Å². The number of hydrogen-bond donors (Lipinski definition) is 2. The molecule has 0 spiro atoms. The highest BCUT2D eigenvalue weighted by Gasteiger charge is 2.06. The van der Waals surface area contributed by atoms with Gasteiger partial charge < -0.3 is 10.6 Å². The number of nitrogens with zero attached hydrogens (tertiary/aromatic N) is 2. The van der Waals surface area contributed by atoms with Crippen LogP contribution in [0.3, 0.4) is 0 Å². The summed E-state index contributed by atoms with van der Waals surface area (Å²) >= 11 is 0. The zero-order valence-electron chi connectivity index (χ0n) is 13.5. The molecule has 2 rings (SSSR count). The van der Waals surface area contributed by atoms with Gasteiger partial charge in [-0.25, -0.2) is 5.43 Å². The third-order valence-electron chi connectivity index (χ3n) is 3.46. The highest BCUT2D eigenvalue weighted by Crippen LogP contribution is 2.17. The molecule has 2 aromatic carbocycles. The molecule has 24 heavy (non-hydrogen) atoms. The topological polar surface area (TPSA) is 87.8 Å². The maximum atomic E-state index is 11.0. The third kappa shape index (κ3) is 4.95. The normalized spacial score (nSPS) is 10.5. The fourth-order valence-electron chi connectivity index (χ4n) is 2.18. The Balaban J connectivity index is 2.00. The monoisotopic (exact) mass is 324 g/mol. The van der Waals surface area contributed by atoms with Crippen molar-refractivity contribution in [1.82, 2.24) is 5.43 Å². The number of nitrogens with two attached hydrogens (primary N) is 1. The maximum absolute atomic E-state index is 11.0. The van der Waals surface area contributed by atoms with Gasteiger partial charge in [-0.05, 0) is 30.2 Å². The molecule has 6 heteroatoms. The Morgan fingerprint density at radius 1 is 1.12 bits per heavy atom. The first-order valence-electron chi connectivity index (χ1n) is 7.62. The van der Waals surface area contributed by atoms with Crippen LogP contribution in [0.2, 0.25) is 0 Å². The van der Waals surface area contributed by atoms with Crippen LogP contribution in [0, 0.1) is 0 Å². The maximum Gasteiger partial charge on any atom is 0.329 e. The SMILES string of the molecule is CCN(Cc1ccccc1)c1ccc(/C=N/NC(=O)C(N)=O)cc1. The molecule has 0 fully saturated rings. The van der Waals surface area contributed by atoms with Crippen molar-refractivity contribution in [3.63, 3.8) is 0 Å². The molecule has 0 bridgehead atoms. The quantitative estimate of drug-likeness (QED) is 0.481. The Bertz CT molecular complexity index is 712. The van der Waals surface area contributed by atoms with Crippen LogP contribution in [0.4, 0.5) is 5.69 Å². The summed E-state index contributed by atoms with van der Waals surface area (Å²) in [5.74, 6) is -2.01. The Labute approximate surface area is 141 Å². The van der Waals surface area contributed by atoms with E-state index in [1.54, 1.807) is 0 Å². The van der Waals surface area contributed by atoms with Crippen LogP contribution in [-0.2, 0) is 16.1 Å². The van der Waals surface area contributed by atoms with Crippen molar-refractivity contribution >= 4 is 23.7 Å². The number of hydrogen-bond acceptors (Lipinski definition) is 4. The zero-order chi connectivity index (χ0) is 17.4. The zero-order valence-corrected chi connectivity index (χ0v) is 13.5. The molecule has 0 aliphatic heterocycles. The standard InChI is InChI=1S/C18H20N4O2/c1-2-22(13-15-6-4-3-5-7-15)16-10-8-14(9-11-16)12-20-21-18(24)17(19)23/h3-12H,2,13H2,1H3,(H2,19,23)(H,21,24)/b20-12+. The number of primary amides is 1. The molecule has 2 amide bonds. The van der Waals surface area contributed by atoms with Gasteiger partial charge >= 0.3 is 11.8 Å². The summed E-state index contributed by atoms with van der Waals surface area (Å²) in [5, 5.41) is 3.69. The molecular weight excluding hydrogens is 304 g/mol. The summed E-state index contributed by atoms with van der Waals surface area (Å²) in [6.07, 6.45) is 1.46. The molecule has 0 aliphatic carbocycles. The second kappa shape index (κ2) is 8.47. The molecule has 0 saturated carbocycles. The van der Waals surface area contributed by atoms with Gasteiger partial charge in [0.1, 0.15) is 0 Å². The van der Waals surface area contributed by atoms with Crippen LogP contribution < -0.4 is 16.1 Å². The summed E-state index contributed by atoms with van der Waals surface area (Å²) in [4.78, 5) is 23.8. The molecule has 0 unspecified atom stereocenters. The number of anilines is 1. The summed E-state index contributed by atoms with van der Waals surface area (Å²) in [7, 11) is 0. The van der Waals surface area contributed by atoms with E-state index in [4.69, 9.17) is 5.73 Å². The minimum absolute atomic E-state index is 0.805. The second-order valence-corrected chi connectivity index (χ2v) is 5.15.